The minimum atomic E-state index is 0.295. The first-order valence-electron chi connectivity index (χ1n) is 6.44. The van der Waals surface area contributed by atoms with Crippen LogP contribution in [0.25, 0.3) is 0 Å². The molecule has 0 radical (unpaired) electrons. The van der Waals surface area contributed by atoms with E-state index in [1.54, 1.807) is 7.11 Å². The van der Waals surface area contributed by atoms with Gasteiger partial charge < -0.3 is 4.74 Å². The second kappa shape index (κ2) is 7.77. The Balaban J connectivity index is 2.86. The van der Waals surface area contributed by atoms with Gasteiger partial charge in [-0.3, -0.25) is 11.3 Å². The van der Waals surface area contributed by atoms with Gasteiger partial charge in [0.25, 0.3) is 0 Å². The molecule has 1 aromatic rings. The molecule has 3 nitrogen and oxygen atoms in total. The fourth-order valence-corrected chi connectivity index (χ4v) is 2.70. The van der Waals surface area contributed by atoms with Crippen molar-refractivity contribution in [1.29, 1.82) is 0 Å². The molecule has 0 aromatic heterocycles. The van der Waals surface area contributed by atoms with E-state index in [2.05, 4.69) is 41.3 Å². The molecular formula is C14H23BrN2O. The molecule has 0 fully saturated rings. The molecule has 0 spiro atoms. The molecule has 0 aliphatic rings. The number of hydrogen-bond donors (Lipinski definition) is 2. The summed E-state index contributed by atoms with van der Waals surface area (Å²) >= 11 is 3.59. The Labute approximate surface area is 118 Å². The van der Waals surface area contributed by atoms with E-state index >= 15 is 0 Å². The summed E-state index contributed by atoms with van der Waals surface area (Å²) in [5.74, 6) is 7.17. The Morgan fingerprint density at radius 3 is 2.50 bits per heavy atom. The van der Waals surface area contributed by atoms with Gasteiger partial charge in [0.2, 0.25) is 0 Å². The first-order valence-corrected chi connectivity index (χ1v) is 7.24. The van der Waals surface area contributed by atoms with Gasteiger partial charge in [-0.1, -0.05) is 42.6 Å². The van der Waals surface area contributed by atoms with Crippen LogP contribution in [0.5, 0.6) is 5.75 Å². The van der Waals surface area contributed by atoms with Crippen LogP contribution in [0, 0.1) is 5.92 Å². The number of hydrazine groups is 1. The minimum absolute atomic E-state index is 0.295. The first kappa shape index (κ1) is 15.5. The fraction of sp³-hybridized carbons (Fsp3) is 0.571. The number of nitrogens with two attached hydrogens (primary N) is 1. The lowest BCUT2D eigenvalue weighted by Gasteiger charge is -2.25. The van der Waals surface area contributed by atoms with E-state index in [-0.39, 0.29) is 0 Å². The van der Waals surface area contributed by atoms with E-state index in [1.165, 1.54) is 5.56 Å². The Morgan fingerprint density at radius 2 is 2.00 bits per heavy atom. The normalized spacial score (nSPS) is 12.8. The third kappa shape index (κ3) is 3.97. The highest BCUT2D eigenvalue weighted by atomic mass is 79.9. The molecule has 0 bridgehead atoms. The number of benzene rings is 1. The van der Waals surface area contributed by atoms with Gasteiger partial charge in [-0.2, -0.15) is 0 Å². The maximum atomic E-state index is 5.70. The molecule has 3 N–H and O–H groups in total. The summed E-state index contributed by atoms with van der Waals surface area (Å²) in [7, 11) is 1.69. The van der Waals surface area contributed by atoms with E-state index in [9.17, 15) is 0 Å². The molecule has 1 aromatic carbocycles. The van der Waals surface area contributed by atoms with Crippen LogP contribution in [0.4, 0.5) is 0 Å². The van der Waals surface area contributed by atoms with Crippen molar-refractivity contribution < 1.29 is 4.74 Å². The van der Waals surface area contributed by atoms with Gasteiger partial charge in [-0.15, -0.1) is 0 Å². The molecule has 1 atom stereocenters. The van der Waals surface area contributed by atoms with Gasteiger partial charge in [0.1, 0.15) is 5.75 Å². The number of ether oxygens (including phenoxy) is 1. The lowest BCUT2D eigenvalue weighted by Crippen LogP contribution is -2.42. The van der Waals surface area contributed by atoms with Crippen molar-refractivity contribution in [2.24, 2.45) is 11.8 Å². The average Bonchev–Trinajstić information content (AvgIpc) is 2.40. The van der Waals surface area contributed by atoms with Crippen LogP contribution in [0.2, 0.25) is 0 Å². The minimum Gasteiger partial charge on any atom is -0.497 e. The van der Waals surface area contributed by atoms with E-state index < -0.39 is 0 Å². The van der Waals surface area contributed by atoms with Crippen molar-refractivity contribution in [2.45, 2.75) is 39.2 Å². The van der Waals surface area contributed by atoms with Crippen LogP contribution in [0.3, 0.4) is 0 Å². The third-order valence-electron chi connectivity index (χ3n) is 3.52. The van der Waals surface area contributed by atoms with Gasteiger partial charge in [0.15, 0.2) is 0 Å². The predicted octanol–water partition coefficient (Wildman–Crippen LogP) is 3.27. The molecule has 4 heteroatoms. The van der Waals surface area contributed by atoms with Crippen LogP contribution < -0.4 is 16.0 Å². The highest BCUT2D eigenvalue weighted by Crippen LogP contribution is 2.26. The highest BCUT2D eigenvalue weighted by Gasteiger charge is 2.18. The molecule has 0 aliphatic heterocycles. The van der Waals surface area contributed by atoms with E-state index in [4.69, 9.17) is 10.6 Å². The largest absolute Gasteiger partial charge is 0.497 e. The van der Waals surface area contributed by atoms with Crippen LogP contribution >= 0.6 is 15.9 Å². The van der Waals surface area contributed by atoms with Gasteiger partial charge in [-0.25, -0.2) is 0 Å². The second-order valence-corrected chi connectivity index (χ2v) is 5.37. The van der Waals surface area contributed by atoms with Crippen molar-refractivity contribution >= 4 is 15.9 Å². The predicted molar refractivity (Wildman–Crippen MR) is 79.6 cm³/mol. The summed E-state index contributed by atoms with van der Waals surface area (Å²) in [5, 5.41) is 0. The number of nitrogens with one attached hydrogen (secondary N) is 1. The smallest absolute Gasteiger partial charge is 0.119 e. The second-order valence-electron chi connectivity index (χ2n) is 4.51. The summed E-state index contributed by atoms with van der Waals surface area (Å²) < 4.78 is 6.37. The SMILES string of the molecule is CCC(CC)C(Cc1cc(OC)ccc1Br)NN. The van der Waals surface area contributed by atoms with Gasteiger partial charge >= 0.3 is 0 Å². The van der Waals surface area contributed by atoms with Crippen molar-refractivity contribution in [3.05, 3.63) is 28.2 Å². The van der Waals surface area contributed by atoms with Crippen LogP contribution in [-0.2, 0) is 6.42 Å². The molecule has 0 saturated heterocycles. The molecule has 1 unspecified atom stereocenters. The molecule has 0 heterocycles. The zero-order valence-electron chi connectivity index (χ0n) is 11.4. The number of rotatable bonds is 7. The van der Waals surface area contributed by atoms with Crippen molar-refractivity contribution in [2.75, 3.05) is 7.11 Å². The Morgan fingerprint density at radius 1 is 1.33 bits per heavy atom. The van der Waals surface area contributed by atoms with Crippen LogP contribution in [-0.4, -0.2) is 13.2 Å². The van der Waals surface area contributed by atoms with Crippen LogP contribution in [0.1, 0.15) is 32.3 Å². The average molecular weight is 315 g/mol. The van der Waals surface area contributed by atoms with Gasteiger partial charge in [-0.05, 0) is 36.1 Å². The third-order valence-corrected chi connectivity index (χ3v) is 4.30. The zero-order chi connectivity index (χ0) is 13.5. The summed E-state index contributed by atoms with van der Waals surface area (Å²) in [6, 6.07) is 6.34. The highest BCUT2D eigenvalue weighted by molar-refractivity contribution is 9.10. The summed E-state index contributed by atoms with van der Waals surface area (Å²) in [6.07, 6.45) is 3.17. The molecule has 18 heavy (non-hydrogen) atoms. The number of halogens is 1. The molecule has 0 saturated carbocycles. The number of hydrogen-bond acceptors (Lipinski definition) is 3. The lowest BCUT2D eigenvalue weighted by atomic mass is 9.90. The topological polar surface area (TPSA) is 47.3 Å². The van der Waals surface area contributed by atoms with E-state index in [1.807, 2.05) is 12.1 Å². The Hall–Kier alpha value is -0.580. The van der Waals surface area contributed by atoms with Crippen molar-refractivity contribution in [3.63, 3.8) is 0 Å². The zero-order valence-corrected chi connectivity index (χ0v) is 13.0. The van der Waals surface area contributed by atoms with Gasteiger partial charge in [0.05, 0.1) is 7.11 Å². The summed E-state index contributed by atoms with van der Waals surface area (Å²) in [5.41, 5.74) is 4.18. The maximum Gasteiger partial charge on any atom is 0.119 e. The van der Waals surface area contributed by atoms with E-state index in [0.29, 0.717) is 12.0 Å². The lowest BCUT2D eigenvalue weighted by molar-refractivity contribution is 0.335. The fourth-order valence-electron chi connectivity index (χ4n) is 2.29. The van der Waals surface area contributed by atoms with Gasteiger partial charge in [0, 0.05) is 10.5 Å². The molecule has 0 amide bonds. The number of methoxy groups -OCH3 is 1. The van der Waals surface area contributed by atoms with Crippen LogP contribution in [0.15, 0.2) is 22.7 Å². The standard InChI is InChI=1S/C14H23BrN2O/c1-4-10(5-2)14(17-16)9-11-8-12(18-3)6-7-13(11)15/h6-8,10,14,17H,4-5,9,16H2,1-3H3. The Bertz CT molecular complexity index is 367. The van der Waals surface area contributed by atoms with E-state index in [0.717, 1.165) is 29.5 Å². The van der Waals surface area contributed by atoms with Crippen molar-refractivity contribution in [3.8, 4) is 5.75 Å². The first-order chi connectivity index (χ1) is 8.65. The molecule has 1 rings (SSSR count). The quantitative estimate of drug-likeness (QED) is 0.600. The summed E-state index contributed by atoms with van der Waals surface area (Å²) in [4.78, 5) is 0. The molecule has 0 aliphatic carbocycles. The maximum absolute atomic E-state index is 5.70. The summed E-state index contributed by atoms with van der Waals surface area (Å²) in [6.45, 7) is 4.41. The molecule has 102 valence electrons. The van der Waals surface area contributed by atoms with Crippen molar-refractivity contribution in [1.82, 2.24) is 5.43 Å². The Kier molecular flexibility index (Phi) is 6.68. The molecular weight excluding hydrogens is 292 g/mol. The monoisotopic (exact) mass is 314 g/mol.